The van der Waals surface area contributed by atoms with Crippen LogP contribution in [0.4, 0.5) is 0 Å². The summed E-state index contributed by atoms with van der Waals surface area (Å²) in [5, 5.41) is 6.91. The van der Waals surface area contributed by atoms with Crippen LogP contribution in [-0.4, -0.2) is 24.0 Å². The molecule has 3 nitrogen and oxygen atoms in total. The molecular weight excluding hydrogens is 212 g/mol. The molecule has 1 unspecified atom stereocenters. The zero-order valence-corrected chi connectivity index (χ0v) is 11.2. The number of carbonyl (C=O) groups is 1. The Morgan fingerprint density at radius 3 is 2.65 bits per heavy atom. The highest BCUT2D eigenvalue weighted by molar-refractivity contribution is 5.78. The van der Waals surface area contributed by atoms with Crippen molar-refractivity contribution >= 4 is 5.91 Å². The van der Waals surface area contributed by atoms with Crippen LogP contribution in [-0.2, 0) is 4.79 Å². The summed E-state index contributed by atoms with van der Waals surface area (Å²) in [5.41, 5.74) is 0.379. The van der Waals surface area contributed by atoms with Crippen LogP contribution in [0.15, 0.2) is 0 Å². The Morgan fingerprint density at radius 1 is 1.41 bits per heavy atom. The van der Waals surface area contributed by atoms with Crippen molar-refractivity contribution < 1.29 is 4.79 Å². The lowest BCUT2D eigenvalue weighted by Gasteiger charge is -2.48. The zero-order chi connectivity index (χ0) is 12.3. The van der Waals surface area contributed by atoms with Crippen LogP contribution in [0.1, 0.15) is 58.8 Å². The molecule has 3 heteroatoms. The minimum atomic E-state index is 0.210. The van der Waals surface area contributed by atoms with Gasteiger partial charge in [0.15, 0.2) is 0 Å². The van der Waals surface area contributed by atoms with Crippen molar-refractivity contribution in [2.75, 3.05) is 6.54 Å². The van der Waals surface area contributed by atoms with Crippen molar-refractivity contribution in [3.63, 3.8) is 0 Å². The van der Waals surface area contributed by atoms with Crippen molar-refractivity contribution in [1.29, 1.82) is 0 Å². The summed E-state index contributed by atoms with van der Waals surface area (Å²) in [5.74, 6) is 0.485. The SMILES string of the molecule is CCC(CC)C(=O)NC1CCNC2(CCC2)C1. The minimum Gasteiger partial charge on any atom is -0.353 e. The van der Waals surface area contributed by atoms with Gasteiger partial charge in [-0.05, 0) is 51.5 Å². The Balaban J connectivity index is 1.84. The van der Waals surface area contributed by atoms with Gasteiger partial charge in [-0.1, -0.05) is 13.8 Å². The normalized spacial score (nSPS) is 26.9. The molecular formula is C14H26N2O. The van der Waals surface area contributed by atoms with Crippen molar-refractivity contribution in [3.05, 3.63) is 0 Å². The number of hydrogen-bond acceptors (Lipinski definition) is 2. The highest BCUT2D eigenvalue weighted by Gasteiger charge is 2.41. The number of amides is 1. The number of carbonyl (C=O) groups excluding carboxylic acids is 1. The van der Waals surface area contributed by atoms with Gasteiger partial charge in [0.05, 0.1) is 0 Å². The fourth-order valence-corrected chi connectivity index (χ4v) is 3.24. The molecule has 1 saturated heterocycles. The largest absolute Gasteiger partial charge is 0.353 e. The van der Waals surface area contributed by atoms with Crippen molar-refractivity contribution in [3.8, 4) is 0 Å². The molecule has 0 aromatic heterocycles. The molecule has 98 valence electrons. The maximum absolute atomic E-state index is 12.1. The van der Waals surface area contributed by atoms with Gasteiger partial charge in [0.1, 0.15) is 0 Å². The summed E-state index contributed by atoms with van der Waals surface area (Å²) in [7, 11) is 0. The summed E-state index contributed by atoms with van der Waals surface area (Å²) in [4.78, 5) is 12.1. The van der Waals surface area contributed by atoms with E-state index in [0.717, 1.165) is 32.2 Å². The summed E-state index contributed by atoms with van der Waals surface area (Å²) < 4.78 is 0. The highest BCUT2D eigenvalue weighted by atomic mass is 16.1. The number of nitrogens with one attached hydrogen (secondary N) is 2. The monoisotopic (exact) mass is 238 g/mol. The molecule has 1 heterocycles. The van der Waals surface area contributed by atoms with Gasteiger partial charge in [0.2, 0.25) is 5.91 Å². The molecule has 1 aliphatic heterocycles. The predicted octanol–water partition coefficient (Wildman–Crippen LogP) is 2.21. The molecule has 2 fully saturated rings. The first kappa shape index (κ1) is 12.9. The van der Waals surface area contributed by atoms with Gasteiger partial charge in [0.25, 0.3) is 0 Å². The van der Waals surface area contributed by atoms with E-state index in [0.29, 0.717) is 11.6 Å². The lowest BCUT2D eigenvalue weighted by molar-refractivity contribution is -0.126. The molecule has 1 aliphatic carbocycles. The molecule has 17 heavy (non-hydrogen) atoms. The van der Waals surface area contributed by atoms with Crippen LogP contribution in [0.3, 0.4) is 0 Å². The summed E-state index contributed by atoms with van der Waals surface area (Å²) >= 11 is 0. The van der Waals surface area contributed by atoms with Crippen LogP contribution >= 0.6 is 0 Å². The van der Waals surface area contributed by atoms with Gasteiger partial charge in [-0.25, -0.2) is 0 Å². The second-order valence-electron chi connectivity index (χ2n) is 5.77. The molecule has 1 spiro atoms. The van der Waals surface area contributed by atoms with E-state index in [9.17, 15) is 4.79 Å². The van der Waals surface area contributed by atoms with Gasteiger partial charge in [0, 0.05) is 17.5 Å². The van der Waals surface area contributed by atoms with Crippen LogP contribution in [0, 0.1) is 5.92 Å². The van der Waals surface area contributed by atoms with Gasteiger partial charge in [-0.2, -0.15) is 0 Å². The molecule has 1 amide bonds. The molecule has 0 aromatic carbocycles. The van der Waals surface area contributed by atoms with Crippen LogP contribution in [0.5, 0.6) is 0 Å². The van der Waals surface area contributed by atoms with E-state index >= 15 is 0 Å². The summed E-state index contributed by atoms with van der Waals surface area (Å²) in [6.07, 6.45) is 8.08. The lowest BCUT2D eigenvalue weighted by Crippen LogP contribution is -2.60. The van der Waals surface area contributed by atoms with E-state index in [4.69, 9.17) is 0 Å². The van der Waals surface area contributed by atoms with E-state index < -0.39 is 0 Å². The molecule has 2 rings (SSSR count). The van der Waals surface area contributed by atoms with Crippen molar-refractivity contribution in [2.24, 2.45) is 5.92 Å². The third-order valence-electron chi connectivity index (χ3n) is 4.64. The number of hydrogen-bond donors (Lipinski definition) is 2. The smallest absolute Gasteiger partial charge is 0.223 e. The van der Waals surface area contributed by atoms with E-state index in [1.807, 2.05) is 0 Å². The fourth-order valence-electron chi connectivity index (χ4n) is 3.24. The van der Waals surface area contributed by atoms with Gasteiger partial charge in [-0.3, -0.25) is 4.79 Å². The minimum absolute atomic E-state index is 0.210. The Bertz CT molecular complexity index is 269. The lowest BCUT2D eigenvalue weighted by atomic mass is 9.70. The third-order valence-corrected chi connectivity index (χ3v) is 4.64. The van der Waals surface area contributed by atoms with E-state index in [-0.39, 0.29) is 11.8 Å². The Morgan fingerprint density at radius 2 is 2.12 bits per heavy atom. The average Bonchev–Trinajstić information content (AvgIpc) is 2.29. The topological polar surface area (TPSA) is 41.1 Å². The van der Waals surface area contributed by atoms with E-state index in [1.165, 1.54) is 19.3 Å². The molecule has 1 atom stereocenters. The van der Waals surface area contributed by atoms with Crippen LogP contribution in [0.2, 0.25) is 0 Å². The quantitative estimate of drug-likeness (QED) is 0.788. The molecule has 0 bridgehead atoms. The molecule has 2 aliphatic rings. The Hall–Kier alpha value is -0.570. The van der Waals surface area contributed by atoms with Crippen molar-refractivity contribution in [1.82, 2.24) is 10.6 Å². The molecule has 2 N–H and O–H groups in total. The first-order valence-corrected chi connectivity index (χ1v) is 7.24. The first-order chi connectivity index (χ1) is 8.19. The standard InChI is InChI=1S/C14H26N2O/c1-3-11(4-2)13(17)16-12-6-9-15-14(10-12)7-5-8-14/h11-12,15H,3-10H2,1-2H3,(H,16,17). The molecule has 0 aromatic rings. The molecule has 0 radical (unpaired) electrons. The Labute approximate surface area is 105 Å². The Kier molecular flexibility index (Phi) is 4.08. The highest BCUT2D eigenvalue weighted by Crippen LogP contribution is 2.38. The van der Waals surface area contributed by atoms with Gasteiger partial charge >= 0.3 is 0 Å². The predicted molar refractivity (Wildman–Crippen MR) is 69.8 cm³/mol. The van der Waals surface area contributed by atoms with Crippen LogP contribution < -0.4 is 10.6 Å². The average molecular weight is 238 g/mol. The summed E-state index contributed by atoms with van der Waals surface area (Å²) in [6.45, 7) is 5.26. The fraction of sp³-hybridized carbons (Fsp3) is 0.929. The third kappa shape index (κ3) is 2.82. The molecule has 1 saturated carbocycles. The van der Waals surface area contributed by atoms with Crippen LogP contribution in [0.25, 0.3) is 0 Å². The van der Waals surface area contributed by atoms with Gasteiger partial charge < -0.3 is 10.6 Å². The van der Waals surface area contributed by atoms with Gasteiger partial charge in [-0.15, -0.1) is 0 Å². The van der Waals surface area contributed by atoms with E-state index in [1.54, 1.807) is 0 Å². The van der Waals surface area contributed by atoms with E-state index in [2.05, 4.69) is 24.5 Å². The number of piperidine rings is 1. The first-order valence-electron chi connectivity index (χ1n) is 7.24. The summed E-state index contributed by atoms with van der Waals surface area (Å²) in [6, 6.07) is 0.407. The number of rotatable bonds is 4. The maximum atomic E-state index is 12.1. The second kappa shape index (κ2) is 5.38. The maximum Gasteiger partial charge on any atom is 0.223 e. The second-order valence-corrected chi connectivity index (χ2v) is 5.77. The zero-order valence-electron chi connectivity index (χ0n) is 11.2. The van der Waals surface area contributed by atoms with Crippen molar-refractivity contribution in [2.45, 2.75) is 70.4 Å².